The molecule has 1 atom stereocenters. The minimum absolute atomic E-state index is 0.0184. The number of aliphatic carboxylic acids is 1. The molecule has 0 radical (unpaired) electrons. The van der Waals surface area contributed by atoms with Crippen molar-refractivity contribution in [3.63, 3.8) is 0 Å². The molecule has 0 aromatic heterocycles. The lowest BCUT2D eigenvalue weighted by Crippen LogP contribution is -2.34. The molecule has 0 saturated carbocycles. The molecule has 23 heavy (non-hydrogen) atoms. The van der Waals surface area contributed by atoms with Crippen LogP contribution in [0.15, 0.2) is 17.0 Å². The molecule has 1 aromatic carbocycles. The highest BCUT2D eigenvalue weighted by molar-refractivity contribution is 7.85. The summed E-state index contributed by atoms with van der Waals surface area (Å²) >= 11 is 5.93. The number of rotatable bonds is 8. The van der Waals surface area contributed by atoms with Crippen molar-refractivity contribution >= 4 is 33.5 Å². The zero-order chi connectivity index (χ0) is 17.8. The topological polar surface area (TPSA) is 121 Å². The first-order chi connectivity index (χ1) is 10.6. The van der Waals surface area contributed by atoms with E-state index in [9.17, 15) is 22.6 Å². The number of carboxylic acid groups (broad SMARTS) is 1. The third kappa shape index (κ3) is 5.58. The van der Waals surface area contributed by atoms with E-state index in [-0.39, 0.29) is 40.5 Å². The van der Waals surface area contributed by atoms with Gasteiger partial charge in [-0.1, -0.05) is 11.6 Å². The van der Waals surface area contributed by atoms with E-state index in [0.29, 0.717) is 5.56 Å². The van der Waals surface area contributed by atoms with Gasteiger partial charge in [-0.05, 0) is 43.7 Å². The molecule has 0 heterocycles. The highest BCUT2D eigenvalue weighted by Crippen LogP contribution is 2.25. The second-order valence-corrected chi connectivity index (χ2v) is 6.91. The van der Waals surface area contributed by atoms with Crippen LogP contribution in [-0.2, 0) is 26.1 Å². The number of carbonyl (C=O) groups excluding carboxylic acids is 1. The van der Waals surface area contributed by atoms with Gasteiger partial charge in [0, 0.05) is 17.9 Å². The number of benzene rings is 1. The molecule has 0 unspecified atom stereocenters. The summed E-state index contributed by atoms with van der Waals surface area (Å²) in [6.45, 7) is 1.45. The third-order valence-electron chi connectivity index (χ3n) is 3.39. The highest BCUT2D eigenvalue weighted by atomic mass is 35.5. The Morgan fingerprint density at radius 1 is 1.35 bits per heavy atom. The Bertz CT molecular complexity index is 716. The first-order valence-corrected chi connectivity index (χ1v) is 8.56. The van der Waals surface area contributed by atoms with Gasteiger partial charge in [-0.2, -0.15) is 8.42 Å². The number of hydrogen-bond acceptors (Lipinski definition) is 5. The predicted octanol–water partition coefficient (Wildman–Crippen LogP) is 1.46. The lowest BCUT2D eigenvalue weighted by Gasteiger charge is -2.11. The average molecular weight is 364 g/mol. The highest BCUT2D eigenvalue weighted by Gasteiger charge is 2.19. The summed E-state index contributed by atoms with van der Waals surface area (Å²) in [7, 11) is -2.95. The van der Waals surface area contributed by atoms with Gasteiger partial charge in [-0.15, -0.1) is 0 Å². The van der Waals surface area contributed by atoms with E-state index in [1.807, 2.05) is 0 Å². The molecule has 0 aliphatic carbocycles. The number of Topliss-reactive ketones (excluding diaryl/α,β-unsaturated/α-hetero) is 1. The number of carbonyl (C=O) groups is 2. The first kappa shape index (κ1) is 19.6. The molecule has 1 rings (SSSR count). The molecule has 9 heteroatoms. The quantitative estimate of drug-likeness (QED) is 0.598. The molecule has 128 valence electrons. The van der Waals surface area contributed by atoms with Crippen LogP contribution in [0.25, 0.3) is 0 Å². The summed E-state index contributed by atoms with van der Waals surface area (Å²) in [5, 5.41) is 11.6. The number of carboxylic acids is 1. The lowest BCUT2D eigenvalue weighted by atomic mass is 10.0. The molecule has 3 N–H and O–H groups in total. The molecular formula is C14H18ClNO6S. The van der Waals surface area contributed by atoms with Crippen molar-refractivity contribution in [2.45, 2.75) is 37.1 Å². The summed E-state index contributed by atoms with van der Waals surface area (Å²) in [5.74, 6) is -1.31. The van der Waals surface area contributed by atoms with Crippen LogP contribution in [0.3, 0.4) is 0 Å². The Morgan fingerprint density at radius 2 is 1.96 bits per heavy atom. The Morgan fingerprint density at radius 3 is 2.43 bits per heavy atom. The van der Waals surface area contributed by atoms with Gasteiger partial charge in [-0.3, -0.25) is 14.1 Å². The normalized spacial score (nSPS) is 12.9. The third-order valence-corrected chi connectivity index (χ3v) is 4.77. The maximum absolute atomic E-state index is 11.9. The zero-order valence-electron chi connectivity index (χ0n) is 12.7. The van der Waals surface area contributed by atoms with Crippen molar-refractivity contribution in [3.8, 4) is 0 Å². The van der Waals surface area contributed by atoms with Gasteiger partial charge in [0.15, 0.2) is 0 Å². The molecule has 0 bridgehead atoms. The molecular weight excluding hydrogens is 346 g/mol. The van der Waals surface area contributed by atoms with Crippen LogP contribution < -0.4 is 5.32 Å². The summed E-state index contributed by atoms with van der Waals surface area (Å²) in [4.78, 5) is 22.4. The Balaban J connectivity index is 2.87. The van der Waals surface area contributed by atoms with E-state index in [0.717, 1.165) is 0 Å². The lowest BCUT2D eigenvalue weighted by molar-refractivity contribution is -0.139. The second kappa shape index (κ2) is 7.87. The van der Waals surface area contributed by atoms with Crippen molar-refractivity contribution < 1.29 is 27.7 Å². The van der Waals surface area contributed by atoms with Gasteiger partial charge in [0.25, 0.3) is 10.1 Å². The van der Waals surface area contributed by atoms with Crippen LogP contribution in [0.2, 0.25) is 5.02 Å². The number of nitrogens with one attached hydrogen (secondary N) is 1. The largest absolute Gasteiger partial charge is 0.480 e. The minimum atomic E-state index is -4.44. The van der Waals surface area contributed by atoms with Gasteiger partial charge in [0.1, 0.15) is 11.8 Å². The Kier molecular flexibility index (Phi) is 6.69. The van der Waals surface area contributed by atoms with Crippen molar-refractivity contribution in [1.29, 1.82) is 0 Å². The van der Waals surface area contributed by atoms with E-state index in [2.05, 4.69) is 5.32 Å². The zero-order valence-corrected chi connectivity index (χ0v) is 14.2. The fourth-order valence-electron chi connectivity index (χ4n) is 2.09. The van der Waals surface area contributed by atoms with E-state index >= 15 is 0 Å². The first-order valence-electron chi connectivity index (χ1n) is 6.74. The fourth-order valence-corrected chi connectivity index (χ4v) is 3.18. The van der Waals surface area contributed by atoms with Crippen molar-refractivity contribution in [2.75, 3.05) is 7.05 Å². The molecule has 0 saturated heterocycles. The molecule has 0 spiro atoms. The predicted molar refractivity (Wildman–Crippen MR) is 84.4 cm³/mol. The van der Waals surface area contributed by atoms with E-state index in [4.69, 9.17) is 16.7 Å². The Hall–Kier alpha value is -1.48. The van der Waals surface area contributed by atoms with Crippen molar-refractivity contribution in [2.24, 2.45) is 0 Å². The average Bonchev–Trinajstić information content (AvgIpc) is 2.41. The van der Waals surface area contributed by atoms with E-state index < -0.39 is 22.1 Å². The standard InChI is InChI=1S/C14H18ClNO6S/c1-8-11(15)6-9(7-13(8)23(20,21)22)5-10(17)3-4-12(16-2)14(18)19/h6-7,12,16H,3-5H2,1-2H3,(H,18,19)(H,20,21,22)/t12-/m0/s1. The number of hydrogen-bond donors (Lipinski definition) is 3. The second-order valence-electron chi connectivity index (χ2n) is 5.11. The SMILES string of the molecule is CN[C@@H](CCC(=O)Cc1cc(Cl)c(C)c(S(=O)(=O)O)c1)C(=O)O. The minimum Gasteiger partial charge on any atom is -0.480 e. The number of halogens is 1. The molecule has 0 aliphatic rings. The fraction of sp³-hybridized carbons (Fsp3) is 0.429. The molecule has 0 fully saturated rings. The number of likely N-dealkylation sites (N-methyl/N-ethyl adjacent to an activating group) is 1. The number of ketones is 1. The summed E-state index contributed by atoms with van der Waals surface area (Å²) < 4.78 is 31.8. The maximum atomic E-state index is 11.9. The summed E-state index contributed by atoms with van der Waals surface area (Å²) in [6.07, 6.45) is 0.0402. The molecule has 0 amide bonds. The van der Waals surface area contributed by atoms with Crippen LogP contribution in [0.4, 0.5) is 0 Å². The van der Waals surface area contributed by atoms with Crippen LogP contribution in [0.1, 0.15) is 24.0 Å². The Labute approximate surface area is 139 Å². The van der Waals surface area contributed by atoms with Gasteiger partial charge in [-0.25, -0.2) is 0 Å². The summed E-state index contributed by atoms with van der Waals surface area (Å²) in [6, 6.07) is 1.83. The molecule has 0 aliphatic heterocycles. The van der Waals surface area contributed by atoms with Crippen LogP contribution in [0.5, 0.6) is 0 Å². The van der Waals surface area contributed by atoms with Gasteiger partial charge < -0.3 is 10.4 Å². The van der Waals surface area contributed by atoms with Gasteiger partial charge in [0.05, 0.1) is 4.90 Å². The van der Waals surface area contributed by atoms with Gasteiger partial charge in [0.2, 0.25) is 0 Å². The smallest absolute Gasteiger partial charge is 0.320 e. The van der Waals surface area contributed by atoms with Crippen LogP contribution >= 0.6 is 11.6 Å². The summed E-state index contributed by atoms with van der Waals surface area (Å²) in [5.41, 5.74) is 0.543. The van der Waals surface area contributed by atoms with Crippen LogP contribution in [-0.4, -0.2) is 42.9 Å². The van der Waals surface area contributed by atoms with Crippen molar-refractivity contribution in [3.05, 3.63) is 28.3 Å². The van der Waals surface area contributed by atoms with Crippen molar-refractivity contribution in [1.82, 2.24) is 5.32 Å². The monoisotopic (exact) mass is 363 g/mol. The van der Waals surface area contributed by atoms with E-state index in [1.165, 1.54) is 26.1 Å². The molecule has 7 nitrogen and oxygen atoms in total. The van der Waals surface area contributed by atoms with E-state index in [1.54, 1.807) is 0 Å². The molecule has 1 aromatic rings. The van der Waals surface area contributed by atoms with Gasteiger partial charge >= 0.3 is 5.97 Å². The van der Waals surface area contributed by atoms with Crippen LogP contribution in [0, 0.1) is 6.92 Å². The maximum Gasteiger partial charge on any atom is 0.320 e.